The number of hydrogen-bond acceptors (Lipinski definition) is 10. The lowest BCUT2D eigenvalue weighted by atomic mass is 9.92. The maximum Gasteiger partial charge on any atom is 0.251 e. The average molecular weight is 873 g/mol. The van der Waals surface area contributed by atoms with Crippen molar-refractivity contribution >= 4 is 11.8 Å². The molecule has 0 unspecified atom stereocenters. The van der Waals surface area contributed by atoms with Gasteiger partial charge in [-0.1, -0.05) is 60.7 Å². The average Bonchev–Trinajstić information content (AvgIpc) is 3.28. The molecule has 12 heteroatoms. The summed E-state index contributed by atoms with van der Waals surface area (Å²) in [5.74, 6) is 0.105. The number of amides is 2. The van der Waals surface area contributed by atoms with Gasteiger partial charge < -0.3 is 30.3 Å². The molecule has 4 N–H and O–H groups in total. The van der Waals surface area contributed by atoms with Gasteiger partial charge in [0.25, 0.3) is 11.8 Å². The summed E-state index contributed by atoms with van der Waals surface area (Å²) in [4.78, 5) is 35.9. The van der Waals surface area contributed by atoms with Crippen LogP contribution < -0.4 is 10.6 Å². The van der Waals surface area contributed by atoms with Crippen LogP contribution in [0.5, 0.6) is 11.5 Å². The third-order valence-electron chi connectivity index (χ3n) is 12.5. The highest BCUT2D eigenvalue weighted by atomic mass is 16.5. The van der Waals surface area contributed by atoms with Gasteiger partial charge in [0.15, 0.2) is 0 Å². The standard InChI is InChI=1S/C52H68N6O6/c1-7-25-55-33-39(5)57(35-37(55)3)49(45-11-9-13-47(59)31-45)41-15-19-43(20-16-41)51(61)53-23-27-63-29-30-64-28-24-54-52(62)44-21-17-42(18-22-44)50(46-12-10-14-48(60)32-46)58-36-38(4)56(26-8-2)34-40(58)6/h7-22,31-32,37-40,49-50,59-60H,1-2,23-30,33-36H2,3-6H3,(H,53,61)(H,54,62)/t37-,38-,39+,40+,49-,50-/m1/s1. The van der Waals surface area contributed by atoms with Gasteiger partial charge in [0, 0.05) is 87.7 Å². The number of carbonyl (C=O) groups is 2. The summed E-state index contributed by atoms with van der Waals surface area (Å²) in [5, 5.41) is 26.6. The van der Waals surface area contributed by atoms with E-state index in [-0.39, 0.29) is 47.5 Å². The molecule has 6 rings (SSSR count). The van der Waals surface area contributed by atoms with Crippen molar-refractivity contribution in [1.82, 2.24) is 30.2 Å². The molecule has 342 valence electrons. The number of rotatable bonds is 21. The lowest BCUT2D eigenvalue weighted by molar-refractivity contribution is 0.0306. The van der Waals surface area contributed by atoms with Crippen LogP contribution in [0.15, 0.2) is 122 Å². The van der Waals surface area contributed by atoms with E-state index in [1.807, 2.05) is 97.1 Å². The van der Waals surface area contributed by atoms with Gasteiger partial charge in [-0.3, -0.25) is 29.2 Å². The molecule has 0 radical (unpaired) electrons. The molecular weight excluding hydrogens is 805 g/mol. The van der Waals surface area contributed by atoms with Crippen molar-refractivity contribution in [2.75, 3.05) is 78.8 Å². The Labute approximate surface area is 380 Å². The second-order valence-electron chi connectivity index (χ2n) is 17.3. The second kappa shape index (κ2) is 23.5. The number of phenolic OH excluding ortho intramolecular Hbond substituents is 2. The Kier molecular flexibility index (Phi) is 17.7. The normalized spacial score (nSPS) is 20.9. The number of piperazine rings is 2. The molecule has 64 heavy (non-hydrogen) atoms. The number of benzene rings is 4. The van der Waals surface area contributed by atoms with E-state index in [0.717, 1.165) is 61.5 Å². The van der Waals surface area contributed by atoms with Gasteiger partial charge in [-0.2, -0.15) is 0 Å². The van der Waals surface area contributed by atoms with Crippen molar-refractivity contribution < 1.29 is 29.3 Å². The molecule has 2 heterocycles. The molecule has 2 aliphatic rings. The summed E-state index contributed by atoms with van der Waals surface area (Å²) >= 11 is 0. The van der Waals surface area contributed by atoms with Crippen LogP contribution in [-0.4, -0.2) is 145 Å². The van der Waals surface area contributed by atoms with Gasteiger partial charge in [0.2, 0.25) is 0 Å². The fourth-order valence-electron chi connectivity index (χ4n) is 9.18. The Morgan fingerprint density at radius 3 is 1.33 bits per heavy atom. The first-order chi connectivity index (χ1) is 31.0. The summed E-state index contributed by atoms with van der Waals surface area (Å²) in [6.45, 7) is 24.1. The molecule has 6 atom stereocenters. The van der Waals surface area contributed by atoms with E-state index in [1.165, 1.54) is 0 Å². The zero-order valence-electron chi connectivity index (χ0n) is 38.1. The summed E-state index contributed by atoms with van der Waals surface area (Å²) in [6, 6.07) is 31.4. The molecule has 12 nitrogen and oxygen atoms in total. The van der Waals surface area contributed by atoms with Gasteiger partial charge in [-0.05, 0) is 98.5 Å². The molecule has 4 aromatic carbocycles. The van der Waals surface area contributed by atoms with Crippen LogP contribution in [0.4, 0.5) is 0 Å². The van der Waals surface area contributed by atoms with Gasteiger partial charge in [0.1, 0.15) is 11.5 Å². The molecular formula is C52H68N6O6. The van der Waals surface area contributed by atoms with Crippen molar-refractivity contribution in [3.63, 3.8) is 0 Å². The van der Waals surface area contributed by atoms with Crippen molar-refractivity contribution in [3.8, 4) is 11.5 Å². The molecule has 2 aliphatic heterocycles. The second-order valence-corrected chi connectivity index (χ2v) is 17.3. The highest BCUT2D eigenvalue weighted by molar-refractivity contribution is 5.94. The summed E-state index contributed by atoms with van der Waals surface area (Å²) in [5.41, 5.74) is 5.25. The van der Waals surface area contributed by atoms with Crippen LogP contribution >= 0.6 is 0 Å². The van der Waals surface area contributed by atoms with E-state index < -0.39 is 0 Å². The van der Waals surface area contributed by atoms with Crippen LogP contribution in [0.25, 0.3) is 0 Å². The molecule has 4 aromatic rings. The molecule has 0 spiro atoms. The third-order valence-corrected chi connectivity index (χ3v) is 12.5. The van der Waals surface area contributed by atoms with Crippen molar-refractivity contribution in [3.05, 3.63) is 156 Å². The predicted octanol–water partition coefficient (Wildman–Crippen LogP) is 6.63. The SMILES string of the molecule is C=CCN1C[C@H](C)N([C@H](c2ccc(C(=O)NCCOCCOCCNC(=O)c3ccc([C@H](c4cccc(O)c4)N4C[C@@H](C)N(CC=C)C[C@@H]4C)cc3)cc2)c2cccc(O)c2)C[C@H]1C. The van der Waals surface area contributed by atoms with E-state index in [9.17, 15) is 19.8 Å². The van der Waals surface area contributed by atoms with Gasteiger partial charge in [-0.25, -0.2) is 0 Å². The Balaban J connectivity index is 0.906. The fraction of sp³-hybridized carbons (Fsp3) is 0.423. The topological polar surface area (TPSA) is 130 Å². The van der Waals surface area contributed by atoms with Crippen LogP contribution in [0.1, 0.15) is 82.7 Å². The Bertz CT molecular complexity index is 1980. The van der Waals surface area contributed by atoms with E-state index in [4.69, 9.17) is 9.47 Å². The smallest absolute Gasteiger partial charge is 0.251 e. The highest BCUT2D eigenvalue weighted by Gasteiger charge is 2.36. The number of phenols is 2. The molecule has 0 saturated carbocycles. The quantitative estimate of drug-likeness (QED) is 0.0535. The Morgan fingerprint density at radius 1 is 0.578 bits per heavy atom. The number of carbonyl (C=O) groups excluding carboxylic acids is 2. The first-order valence-electron chi connectivity index (χ1n) is 22.7. The number of ether oxygens (including phenoxy) is 2. The van der Waals surface area contributed by atoms with Crippen LogP contribution in [0.2, 0.25) is 0 Å². The van der Waals surface area contributed by atoms with Crippen molar-refractivity contribution in [2.24, 2.45) is 0 Å². The van der Waals surface area contributed by atoms with Crippen LogP contribution in [-0.2, 0) is 9.47 Å². The molecule has 0 bridgehead atoms. The maximum absolute atomic E-state index is 13.0. The zero-order valence-corrected chi connectivity index (χ0v) is 38.1. The first-order valence-corrected chi connectivity index (χ1v) is 22.7. The number of nitrogens with one attached hydrogen (secondary N) is 2. The van der Waals surface area contributed by atoms with Crippen LogP contribution in [0, 0.1) is 0 Å². The maximum atomic E-state index is 13.0. The van der Waals surface area contributed by atoms with Crippen LogP contribution in [0.3, 0.4) is 0 Å². The third kappa shape index (κ3) is 12.7. The summed E-state index contributed by atoms with van der Waals surface area (Å²) in [7, 11) is 0. The van der Waals surface area contributed by atoms with Crippen molar-refractivity contribution in [2.45, 2.75) is 63.9 Å². The van der Waals surface area contributed by atoms with Gasteiger partial charge in [0.05, 0.1) is 38.5 Å². The lowest BCUT2D eigenvalue weighted by Gasteiger charge is -2.47. The minimum absolute atomic E-state index is 0.0814. The number of hydrogen-bond donors (Lipinski definition) is 4. The fourth-order valence-corrected chi connectivity index (χ4v) is 9.18. The number of aromatic hydroxyl groups is 2. The van der Waals surface area contributed by atoms with Crippen molar-refractivity contribution in [1.29, 1.82) is 0 Å². The first kappa shape index (κ1) is 48.1. The predicted molar refractivity (Wildman–Crippen MR) is 254 cm³/mol. The largest absolute Gasteiger partial charge is 0.508 e. The molecule has 2 fully saturated rings. The van der Waals surface area contributed by atoms with Gasteiger partial charge in [-0.15, -0.1) is 13.2 Å². The van der Waals surface area contributed by atoms with Gasteiger partial charge >= 0.3 is 0 Å². The lowest BCUT2D eigenvalue weighted by Crippen LogP contribution is -2.57. The molecule has 2 amide bonds. The minimum atomic E-state index is -0.177. The van der Waals surface area contributed by atoms with E-state index in [0.29, 0.717) is 62.7 Å². The summed E-state index contributed by atoms with van der Waals surface area (Å²) < 4.78 is 11.4. The zero-order chi connectivity index (χ0) is 45.6. The summed E-state index contributed by atoms with van der Waals surface area (Å²) in [6.07, 6.45) is 3.91. The van der Waals surface area contributed by atoms with E-state index in [1.54, 1.807) is 12.1 Å². The Morgan fingerprint density at radius 2 is 0.969 bits per heavy atom. The van der Waals surface area contributed by atoms with E-state index in [2.05, 4.69) is 71.1 Å². The molecule has 0 aromatic heterocycles. The molecule has 0 aliphatic carbocycles. The Hall–Kier alpha value is -5.34. The van der Waals surface area contributed by atoms with E-state index >= 15 is 0 Å². The minimum Gasteiger partial charge on any atom is -0.508 e. The highest BCUT2D eigenvalue weighted by Crippen LogP contribution is 2.36. The number of nitrogens with zero attached hydrogens (tertiary/aromatic N) is 4. The molecule has 2 saturated heterocycles. The monoisotopic (exact) mass is 873 g/mol.